The van der Waals surface area contributed by atoms with E-state index in [1.165, 1.54) is 32.1 Å². The Morgan fingerprint density at radius 2 is 1.11 bits per heavy atom. The van der Waals surface area contributed by atoms with Crippen molar-refractivity contribution in [3.63, 3.8) is 0 Å². The van der Waals surface area contributed by atoms with Gasteiger partial charge in [-0.25, -0.2) is 4.79 Å². The number of aliphatic carboxylic acids is 1. The van der Waals surface area contributed by atoms with Crippen molar-refractivity contribution < 1.29 is 38.2 Å². The first kappa shape index (κ1) is 51.5. The molecule has 55 heavy (non-hydrogen) atoms. The highest BCUT2D eigenvalue weighted by Crippen LogP contribution is 2.12. The summed E-state index contributed by atoms with van der Waals surface area (Å²) in [6.45, 7) is 4.47. The molecule has 0 rings (SSSR count). The molecule has 1 N–H and O–H groups in total. The average molecular weight is 769 g/mol. The third kappa shape index (κ3) is 35.9. The Balaban J connectivity index is 4.53. The van der Waals surface area contributed by atoms with E-state index >= 15 is 0 Å². The summed E-state index contributed by atoms with van der Waals surface area (Å²) in [5, 5.41) is 9.61. The monoisotopic (exact) mass is 769 g/mol. The van der Waals surface area contributed by atoms with Gasteiger partial charge in [0.05, 0.1) is 34.4 Å². The quantitative estimate of drug-likeness (QED) is 0.0223. The molecular formula is C47H78NO7+. The molecule has 0 aromatic rings. The fourth-order valence-electron chi connectivity index (χ4n) is 5.54. The smallest absolute Gasteiger partial charge is 0.362 e. The zero-order valence-electron chi connectivity index (χ0n) is 35.3. The maximum atomic E-state index is 12.7. The predicted octanol–water partition coefficient (Wildman–Crippen LogP) is 11.4. The number of ether oxygens (including phenoxy) is 3. The Kier molecular flexibility index (Phi) is 35.1. The number of carboxylic acids is 1. The second-order valence-corrected chi connectivity index (χ2v) is 14.9. The first-order valence-corrected chi connectivity index (χ1v) is 21.1. The van der Waals surface area contributed by atoms with Gasteiger partial charge in [-0.3, -0.25) is 9.59 Å². The van der Waals surface area contributed by atoms with Crippen LogP contribution in [0.15, 0.2) is 85.1 Å². The molecular weight excluding hydrogens is 691 g/mol. The van der Waals surface area contributed by atoms with E-state index in [1.807, 2.05) is 33.3 Å². The number of nitrogens with zero attached hydrogens (tertiary/aromatic N) is 1. The minimum absolute atomic E-state index is 0.0281. The van der Waals surface area contributed by atoms with Crippen molar-refractivity contribution in [3.05, 3.63) is 85.1 Å². The Hall–Kier alpha value is -3.49. The van der Waals surface area contributed by atoms with Crippen molar-refractivity contribution in [1.29, 1.82) is 0 Å². The van der Waals surface area contributed by atoms with E-state index in [0.717, 1.165) is 70.6 Å². The fourth-order valence-corrected chi connectivity index (χ4v) is 5.54. The first-order valence-electron chi connectivity index (χ1n) is 21.1. The lowest BCUT2D eigenvalue weighted by Crippen LogP contribution is -2.50. The number of quaternary nitrogens is 1. The lowest BCUT2D eigenvalue weighted by molar-refractivity contribution is -0.887. The first-order chi connectivity index (χ1) is 26.6. The van der Waals surface area contributed by atoms with Crippen LogP contribution in [0, 0.1) is 0 Å². The van der Waals surface area contributed by atoms with E-state index in [9.17, 15) is 19.5 Å². The normalized spacial score (nSPS) is 13.8. The van der Waals surface area contributed by atoms with Gasteiger partial charge in [0.1, 0.15) is 6.61 Å². The number of hydrogen-bond acceptors (Lipinski definition) is 6. The number of allylic oxidation sites excluding steroid dienone is 14. The van der Waals surface area contributed by atoms with Crippen molar-refractivity contribution in [2.45, 2.75) is 154 Å². The minimum Gasteiger partial charge on any atom is -0.477 e. The number of unbranched alkanes of at least 4 members (excludes halogenated alkanes) is 9. The summed E-state index contributed by atoms with van der Waals surface area (Å²) in [5.74, 6) is -1.60. The van der Waals surface area contributed by atoms with Crippen LogP contribution in [0.4, 0.5) is 0 Å². The molecule has 0 spiro atoms. The summed E-state index contributed by atoms with van der Waals surface area (Å²) >= 11 is 0. The van der Waals surface area contributed by atoms with Crippen molar-refractivity contribution in [1.82, 2.24) is 0 Å². The molecule has 0 heterocycles. The zero-order chi connectivity index (χ0) is 40.7. The molecule has 0 saturated heterocycles. The van der Waals surface area contributed by atoms with Crippen LogP contribution in [-0.2, 0) is 28.6 Å². The second kappa shape index (κ2) is 37.4. The summed E-state index contributed by atoms with van der Waals surface area (Å²) in [7, 11) is 5.49. The molecule has 8 nitrogen and oxygen atoms in total. The summed E-state index contributed by atoms with van der Waals surface area (Å²) in [5.41, 5.74) is 0. The van der Waals surface area contributed by atoms with Crippen molar-refractivity contribution in [3.8, 4) is 0 Å². The Morgan fingerprint density at radius 1 is 0.582 bits per heavy atom. The van der Waals surface area contributed by atoms with Crippen molar-refractivity contribution >= 4 is 17.9 Å². The molecule has 0 bridgehead atoms. The van der Waals surface area contributed by atoms with Gasteiger partial charge < -0.3 is 23.8 Å². The van der Waals surface area contributed by atoms with Crippen LogP contribution >= 0.6 is 0 Å². The van der Waals surface area contributed by atoms with E-state index < -0.39 is 18.1 Å². The highest BCUT2D eigenvalue weighted by atomic mass is 16.6. The molecule has 0 aromatic heterocycles. The fraction of sp³-hybridized carbons (Fsp3) is 0.638. The van der Waals surface area contributed by atoms with E-state index in [4.69, 9.17) is 14.2 Å². The van der Waals surface area contributed by atoms with Gasteiger partial charge in [-0.2, -0.15) is 0 Å². The average Bonchev–Trinajstić information content (AvgIpc) is 3.14. The van der Waals surface area contributed by atoms with Gasteiger partial charge in [0.2, 0.25) is 0 Å². The highest BCUT2D eigenvalue weighted by Gasteiger charge is 2.31. The van der Waals surface area contributed by atoms with Crippen LogP contribution in [-0.4, -0.2) is 80.6 Å². The highest BCUT2D eigenvalue weighted by molar-refractivity contribution is 5.72. The van der Waals surface area contributed by atoms with Crippen molar-refractivity contribution in [2.75, 3.05) is 41.0 Å². The molecule has 8 heteroatoms. The molecule has 0 amide bonds. The van der Waals surface area contributed by atoms with E-state index in [1.54, 1.807) is 0 Å². The number of carbonyl (C=O) groups is 3. The molecule has 0 radical (unpaired) electrons. The third-order valence-electron chi connectivity index (χ3n) is 8.82. The Bertz CT molecular complexity index is 1170. The van der Waals surface area contributed by atoms with Gasteiger partial charge in [-0.15, -0.1) is 0 Å². The van der Waals surface area contributed by atoms with E-state index in [2.05, 4.69) is 86.8 Å². The second-order valence-electron chi connectivity index (χ2n) is 14.9. The summed E-state index contributed by atoms with van der Waals surface area (Å²) in [6.07, 6.45) is 47.8. The zero-order valence-corrected chi connectivity index (χ0v) is 35.3. The van der Waals surface area contributed by atoms with Gasteiger partial charge in [0.25, 0.3) is 0 Å². The molecule has 0 saturated carbocycles. The van der Waals surface area contributed by atoms with Gasteiger partial charge in [-0.1, -0.05) is 137 Å². The SMILES string of the molecule is CC/C=C/C/C=C/C/C=C/C/C=C/C/C=C/CCC(=O)OCC(COCCC(C(=O)O)[N+](C)(C)C)OC(=O)CCCCCCCC/C=C/C=C/CCCCC. The number of esters is 2. The number of likely N-dealkylation sites (N-methyl/N-ethyl adjacent to an activating group) is 1. The molecule has 0 fully saturated rings. The summed E-state index contributed by atoms with van der Waals surface area (Å²) in [4.78, 5) is 36.9. The molecule has 0 aliphatic heterocycles. The van der Waals surface area contributed by atoms with Crippen LogP contribution in [0.1, 0.15) is 142 Å². The van der Waals surface area contributed by atoms with Crippen LogP contribution in [0.2, 0.25) is 0 Å². The molecule has 0 aliphatic rings. The van der Waals surface area contributed by atoms with Gasteiger partial charge in [0, 0.05) is 19.3 Å². The number of hydrogen-bond donors (Lipinski definition) is 1. The topological polar surface area (TPSA) is 99.1 Å². The number of rotatable bonds is 36. The predicted molar refractivity (Wildman–Crippen MR) is 229 cm³/mol. The lowest BCUT2D eigenvalue weighted by atomic mass is 10.1. The van der Waals surface area contributed by atoms with Crippen LogP contribution in [0.3, 0.4) is 0 Å². The molecule has 0 aromatic carbocycles. The maximum absolute atomic E-state index is 12.7. The minimum atomic E-state index is -0.890. The maximum Gasteiger partial charge on any atom is 0.362 e. The standard InChI is InChI=1S/C47H77NO7/c1-6-8-10-12-14-16-18-20-22-24-25-27-29-31-33-35-37-45(49)54-42-43(41-53-40-39-44(47(51)52)48(3,4)5)55-46(50)38-36-34-32-30-28-26-23-21-19-17-15-13-11-9-7-2/h8,10,14-17,19-22,25,27,31,33,43-44H,6-7,9,11-13,18,23-24,26,28-30,32,34-42H2,1-5H3/p+1/b10-8+,16-14+,17-15+,21-19+,22-20+,27-25+,33-31+. The van der Waals surface area contributed by atoms with E-state index in [0.29, 0.717) is 19.3 Å². The molecule has 2 atom stereocenters. The van der Waals surface area contributed by atoms with Crippen molar-refractivity contribution in [2.24, 2.45) is 0 Å². The van der Waals surface area contributed by atoms with Gasteiger partial charge >= 0.3 is 17.9 Å². The summed E-state index contributed by atoms with van der Waals surface area (Å²) < 4.78 is 17.2. The van der Waals surface area contributed by atoms with E-state index in [-0.39, 0.29) is 42.7 Å². The van der Waals surface area contributed by atoms with Gasteiger partial charge in [0.15, 0.2) is 12.1 Å². The molecule has 312 valence electrons. The number of carbonyl (C=O) groups excluding carboxylic acids is 2. The van der Waals surface area contributed by atoms with Gasteiger partial charge in [-0.05, 0) is 70.6 Å². The van der Waals surface area contributed by atoms with Crippen LogP contribution in [0.5, 0.6) is 0 Å². The molecule has 0 aliphatic carbocycles. The Morgan fingerprint density at radius 3 is 1.65 bits per heavy atom. The van der Waals surface area contributed by atoms with Crippen LogP contribution < -0.4 is 0 Å². The molecule has 2 unspecified atom stereocenters. The lowest BCUT2D eigenvalue weighted by Gasteiger charge is -2.31. The Labute approximate surface area is 335 Å². The largest absolute Gasteiger partial charge is 0.477 e. The summed E-state index contributed by atoms with van der Waals surface area (Å²) in [6, 6.07) is -0.631. The third-order valence-corrected chi connectivity index (χ3v) is 8.82. The van der Waals surface area contributed by atoms with Crippen LogP contribution in [0.25, 0.3) is 0 Å². The number of carboxylic acid groups (broad SMARTS) is 1.